The Morgan fingerprint density at radius 1 is 1.47 bits per heavy atom. The van der Waals surface area contributed by atoms with Gasteiger partial charge in [-0.2, -0.15) is 0 Å². The maximum Gasteiger partial charge on any atom is 0.251 e. The first-order valence-corrected chi connectivity index (χ1v) is 5.72. The molecule has 0 amide bonds. The van der Waals surface area contributed by atoms with E-state index in [0.29, 0.717) is 6.54 Å². The quantitative estimate of drug-likeness (QED) is 0.780. The Morgan fingerprint density at radius 3 is 2.67 bits per heavy atom. The number of hydrogen-bond donors (Lipinski definition) is 1. The summed E-state index contributed by atoms with van der Waals surface area (Å²) in [4.78, 5) is 1.94. The summed E-state index contributed by atoms with van der Waals surface area (Å²) < 4.78 is 24.8. The average molecular weight is 220 g/mol. The number of piperazine rings is 1. The maximum atomic E-state index is 12.4. The molecule has 2 nitrogen and oxygen atoms in total. The van der Waals surface area contributed by atoms with Crippen LogP contribution in [-0.4, -0.2) is 42.5 Å². The van der Waals surface area contributed by atoms with Crippen LogP contribution < -0.4 is 5.32 Å². The predicted octanol–water partition coefficient (Wildman–Crippen LogP) is 2.10. The zero-order valence-electron chi connectivity index (χ0n) is 9.89. The predicted molar refractivity (Wildman–Crippen MR) is 58.4 cm³/mol. The van der Waals surface area contributed by atoms with Crippen LogP contribution in [-0.2, 0) is 0 Å². The summed E-state index contributed by atoms with van der Waals surface area (Å²) >= 11 is 0. The maximum absolute atomic E-state index is 12.4. The van der Waals surface area contributed by atoms with Crippen LogP contribution in [0.1, 0.15) is 33.6 Å². The van der Waals surface area contributed by atoms with Crippen LogP contribution in [0.3, 0.4) is 0 Å². The van der Waals surface area contributed by atoms with E-state index in [-0.39, 0.29) is 18.1 Å². The van der Waals surface area contributed by atoms with Crippen LogP contribution in [0, 0.1) is 0 Å². The van der Waals surface area contributed by atoms with Crippen molar-refractivity contribution in [2.24, 2.45) is 0 Å². The smallest absolute Gasteiger partial charge is 0.251 e. The molecular weight excluding hydrogens is 198 g/mol. The van der Waals surface area contributed by atoms with Crippen molar-refractivity contribution in [3.8, 4) is 0 Å². The van der Waals surface area contributed by atoms with E-state index in [4.69, 9.17) is 0 Å². The van der Waals surface area contributed by atoms with E-state index in [1.807, 2.05) is 4.90 Å². The summed E-state index contributed by atoms with van der Waals surface area (Å²) in [6, 6.07) is 0.275. The SMILES string of the molecule is CCCC1CNC(C)(C)CN1CC(F)F. The lowest BCUT2D eigenvalue weighted by molar-refractivity contribution is 0.0251. The molecule has 1 unspecified atom stereocenters. The molecule has 1 rings (SSSR count). The molecule has 90 valence electrons. The monoisotopic (exact) mass is 220 g/mol. The van der Waals surface area contributed by atoms with Crippen molar-refractivity contribution in [2.75, 3.05) is 19.6 Å². The van der Waals surface area contributed by atoms with Crippen LogP contribution >= 0.6 is 0 Å². The minimum absolute atomic E-state index is 0.0425. The Kier molecular flexibility index (Phi) is 4.46. The van der Waals surface area contributed by atoms with Crippen molar-refractivity contribution in [3.63, 3.8) is 0 Å². The fourth-order valence-electron chi connectivity index (χ4n) is 2.22. The molecule has 1 N–H and O–H groups in total. The highest BCUT2D eigenvalue weighted by Crippen LogP contribution is 2.19. The molecule has 0 aromatic rings. The summed E-state index contributed by atoms with van der Waals surface area (Å²) in [5.41, 5.74) is -0.0425. The molecule has 0 bridgehead atoms. The Morgan fingerprint density at radius 2 is 2.13 bits per heavy atom. The average Bonchev–Trinajstić information content (AvgIpc) is 2.08. The van der Waals surface area contributed by atoms with Crippen LogP contribution in [0.25, 0.3) is 0 Å². The fourth-order valence-corrected chi connectivity index (χ4v) is 2.22. The Bertz CT molecular complexity index is 195. The normalized spacial score (nSPS) is 27.2. The molecule has 1 aliphatic heterocycles. The summed E-state index contributed by atoms with van der Waals surface area (Å²) in [7, 11) is 0. The van der Waals surface area contributed by atoms with Gasteiger partial charge in [0.25, 0.3) is 6.43 Å². The van der Waals surface area contributed by atoms with Crippen LogP contribution in [0.2, 0.25) is 0 Å². The molecule has 1 fully saturated rings. The van der Waals surface area contributed by atoms with E-state index in [1.54, 1.807) is 0 Å². The standard InChI is InChI=1S/C11H22F2N2/c1-4-5-9-6-14-11(2,3)8-15(9)7-10(12)13/h9-10,14H,4-8H2,1-3H3. The zero-order chi connectivity index (χ0) is 11.5. The lowest BCUT2D eigenvalue weighted by atomic mass is 9.97. The zero-order valence-corrected chi connectivity index (χ0v) is 9.89. The van der Waals surface area contributed by atoms with Gasteiger partial charge in [-0.1, -0.05) is 13.3 Å². The van der Waals surface area contributed by atoms with E-state index in [1.165, 1.54) is 0 Å². The highest BCUT2D eigenvalue weighted by molar-refractivity contribution is 4.92. The molecule has 4 heteroatoms. The van der Waals surface area contributed by atoms with Gasteiger partial charge in [-0.3, -0.25) is 4.90 Å². The first-order valence-electron chi connectivity index (χ1n) is 5.72. The molecule has 0 saturated carbocycles. The molecule has 0 aromatic carbocycles. The molecule has 1 atom stereocenters. The molecule has 0 radical (unpaired) electrons. The van der Waals surface area contributed by atoms with Crippen molar-refractivity contribution in [1.29, 1.82) is 0 Å². The topological polar surface area (TPSA) is 15.3 Å². The van der Waals surface area contributed by atoms with Gasteiger partial charge < -0.3 is 5.32 Å². The third-order valence-electron chi connectivity index (χ3n) is 2.93. The van der Waals surface area contributed by atoms with Crippen molar-refractivity contribution >= 4 is 0 Å². The number of nitrogens with one attached hydrogen (secondary N) is 1. The number of rotatable bonds is 4. The summed E-state index contributed by atoms with van der Waals surface area (Å²) in [5, 5.41) is 3.41. The minimum Gasteiger partial charge on any atom is -0.309 e. The molecule has 15 heavy (non-hydrogen) atoms. The summed E-state index contributed by atoms with van der Waals surface area (Å²) in [6.45, 7) is 7.67. The second-order valence-electron chi connectivity index (χ2n) is 5.03. The molecule has 0 aliphatic carbocycles. The van der Waals surface area contributed by atoms with Gasteiger partial charge in [0.15, 0.2) is 0 Å². The third-order valence-corrected chi connectivity index (χ3v) is 2.93. The van der Waals surface area contributed by atoms with Gasteiger partial charge in [-0.15, -0.1) is 0 Å². The second-order valence-corrected chi connectivity index (χ2v) is 5.03. The van der Waals surface area contributed by atoms with Crippen LogP contribution in [0.5, 0.6) is 0 Å². The first kappa shape index (κ1) is 12.8. The van der Waals surface area contributed by atoms with Gasteiger partial charge in [0.2, 0.25) is 0 Å². The number of hydrogen-bond acceptors (Lipinski definition) is 2. The minimum atomic E-state index is -2.22. The third kappa shape index (κ3) is 4.03. The van der Waals surface area contributed by atoms with Crippen molar-refractivity contribution in [1.82, 2.24) is 10.2 Å². The molecule has 1 aliphatic rings. The van der Waals surface area contributed by atoms with E-state index in [0.717, 1.165) is 19.4 Å². The van der Waals surface area contributed by atoms with E-state index in [9.17, 15) is 8.78 Å². The Hall–Kier alpha value is -0.220. The van der Waals surface area contributed by atoms with Gasteiger partial charge in [-0.05, 0) is 20.3 Å². The van der Waals surface area contributed by atoms with Crippen molar-refractivity contribution in [3.05, 3.63) is 0 Å². The molecule has 1 saturated heterocycles. The number of alkyl halides is 2. The van der Waals surface area contributed by atoms with Gasteiger partial charge in [0.1, 0.15) is 0 Å². The van der Waals surface area contributed by atoms with Crippen LogP contribution in [0.4, 0.5) is 8.78 Å². The summed E-state index contributed by atoms with van der Waals surface area (Å²) in [6.07, 6.45) is -0.180. The molecule has 0 spiro atoms. The fraction of sp³-hybridized carbons (Fsp3) is 1.00. The van der Waals surface area contributed by atoms with Gasteiger partial charge in [0.05, 0.1) is 6.54 Å². The highest BCUT2D eigenvalue weighted by atomic mass is 19.3. The van der Waals surface area contributed by atoms with Crippen molar-refractivity contribution < 1.29 is 8.78 Å². The van der Waals surface area contributed by atoms with E-state index < -0.39 is 6.43 Å². The van der Waals surface area contributed by atoms with E-state index in [2.05, 4.69) is 26.1 Å². The lowest BCUT2D eigenvalue weighted by Gasteiger charge is -2.44. The Labute approximate surface area is 91.0 Å². The first-order chi connectivity index (χ1) is 6.94. The van der Waals surface area contributed by atoms with E-state index >= 15 is 0 Å². The second kappa shape index (κ2) is 5.21. The number of nitrogens with zero attached hydrogens (tertiary/aromatic N) is 1. The van der Waals surface area contributed by atoms with Crippen LogP contribution in [0.15, 0.2) is 0 Å². The highest BCUT2D eigenvalue weighted by Gasteiger charge is 2.32. The van der Waals surface area contributed by atoms with Gasteiger partial charge in [0, 0.05) is 24.7 Å². The largest absolute Gasteiger partial charge is 0.309 e. The van der Waals surface area contributed by atoms with Crippen molar-refractivity contribution in [2.45, 2.75) is 51.6 Å². The van der Waals surface area contributed by atoms with Gasteiger partial charge in [-0.25, -0.2) is 8.78 Å². The Balaban J connectivity index is 2.56. The molecular formula is C11H22F2N2. The molecule has 1 heterocycles. The molecule has 0 aromatic heterocycles. The lowest BCUT2D eigenvalue weighted by Crippen LogP contribution is -2.62. The number of halogens is 2. The summed E-state index contributed by atoms with van der Waals surface area (Å²) in [5.74, 6) is 0. The van der Waals surface area contributed by atoms with Gasteiger partial charge >= 0.3 is 0 Å².